The van der Waals surface area contributed by atoms with Crippen LogP contribution >= 0.6 is 0 Å². The molecule has 1 atom stereocenters. The van der Waals surface area contributed by atoms with Gasteiger partial charge in [0.1, 0.15) is 0 Å². The molecule has 2 rings (SSSR count). The maximum atomic E-state index is 4.69. The Balaban J connectivity index is 2.25. The van der Waals surface area contributed by atoms with Crippen LogP contribution in [0.3, 0.4) is 0 Å². The van der Waals surface area contributed by atoms with Gasteiger partial charge in [0.15, 0.2) is 0 Å². The van der Waals surface area contributed by atoms with E-state index in [2.05, 4.69) is 68.3 Å². The van der Waals surface area contributed by atoms with Gasteiger partial charge in [0.2, 0.25) is 0 Å². The highest BCUT2D eigenvalue weighted by Gasteiger charge is 2.15. The molecule has 0 aliphatic heterocycles. The molecule has 1 heterocycles. The van der Waals surface area contributed by atoms with Gasteiger partial charge in [-0.05, 0) is 56.8 Å². The predicted molar refractivity (Wildman–Crippen MR) is 89.6 cm³/mol. The second-order valence-corrected chi connectivity index (χ2v) is 5.91. The Bertz CT molecular complexity index is 590. The van der Waals surface area contributed by atoms with Crippen LogP contribution < -0.4 is 5.32 Å². The number of hydrogen-bond donors (Lipinski definition) is 1. The number of nitrogens with one attached hydrogen (secondary N) is 1. The van der Waals surface area contributed by atoms with Gasteiger partial charge in [-0.25, -0.2) is 0 Å². The van der Waals surface area contributed by atoms with E-state index in [1.54, 1.807) is 0 Å². The van der Waals surface area contributed by atoms with Gasteiger partial charge in [-0.15, -0.1) is 0 Å². The number of pyridine rings is 1. The van der Waals surface area contributed by atoms with Crippen molar-refractivity contribution in [3.63, 3.8) is 0 Å². The second-order valence-electron chi connectivity index (χ2n) is 5.91. The summed E-state index contributed by atoms with van der Waals surface area (Å²) < 4.78 is 0. The minimum atomic E-state index is 0.285. The van der Waals surface area contributed by atoms with Crippen LogP contribution in [-0.4, -0.2) is 11.5 Å². The van der Waals surface area contributed by atoms with Gasteiger partial charge in [0, 0.05) is 6.20 Å². The Morgan fingerprint density at radius 3 is 2.57 bits per heavy atom. The third-order valence-corrected chi connectivity index (χ3v) is 3.75. The molecule has 0 saturated heterocycles. The third-order valence-electron chi connectivity index (χ3n) is 3.75. The van der Waals surface area contributed by atoms with Crippen LogP contribution in [0, 0.1) is 20.8 Å². The second kappa shape index (κ2) is 7.37. The van der Waals surface area contributed by atoms with Crippen molar-refractivity contribution in [1.82, 2.24) is 10.3 Å². The summed E-state index contributed by atoms with van der Waals surface area (Å²) in [4.78, 5) is 4.69. The molecule has 2 nitrogen and oxygen atoms in total. The molecule has 1 aromatic heterocycles. The van der Waals surface area contributed by atoms with Gasteiger partial charge in [0.25, 0.3) is 0 Å². The van der Waals surface area contributed by atoms with Gasteiger partial charge >= 0.3 is 0 Å². The van der Waals surface area contributed by atoms with E-state index in [0.717, 1.165) is 19.4 Å². The summed E-state index contributed by atoms with van der Waals surface area (Å²) in [6, 6.07) is 11.3. The first kappa shape index (κ1) is 15.7. The smallest absolute Gasteiger partial charge is 0.0605 e. The summed E-state index contributed by atoms with van der Waals surface area (Å²) in [5, 5.41) is 3.65. The predicted octanol–water partition coefficient (Wildman–Crippen LogP) is 4.29. The Morgan fingerprint density at radius 2 is 1.90 bits per heavy atom. The standard InChI is InChI=1S/C19H26N2/c1-5-9-20-18(12-17-8-6-7-14(2)11-17)19-16(4)10-15(3)13-21-19/h6-8,10-11,13,18,20H,5,9,12H2,1-4H3. The van der Waals surface area contributed by atoms with E-state index >= 15 is 0 Å². The summed E-state index contributed by atoms with van der Waals surface area (Å²) in [7, 11) is 0. The molecule has 0 aliphatic carbocycles. The first-order chi connectivity index (χ1) is 10.1. The fourth-order valence-corrected chi connectivity index (χ4v) is 2.75. The Hall–Kier alpha value is -1.67. The van der Waals surface area contributed by atoms with Crippen LogP contribution in [-0.2, 0) is 6.42 Å². The van der Waals surface area contributed by atoms with Crippen molar-refractivity contribution in [2.45, 2.75) is 46.6 Å². The van der Waals surface area contributed by atoms with Crippen LogP contribution in [0.4, 0.5) is 0 Å². The quantitative estimate of drug-likeness (QED) is 0.855. The average molecular weight is 282 g/mol. The van der Waals surface area contributed by atoms with Crippen molar-refractivity contribution < 1.29 is 0 Å². The molecule has 112 valence electrons. The van der Waals surface area contributed by atoms with Crippen LogP contribution in [0.25, 0.3) is 0 Å². The lowest BCUT2D eigenvalue weighted by Gasteiger charge is -2.20. The molecule has 2 aromatic rings. The van der Waals surface area contributed by atoms with Crippen LogP contribution in [0.5, 0.6) is 0 Å². The van der Waals surface area contributed by atoms with Gasteiger partial charge in [-0.2, -0.15) is 0 Å². The van der Waals surface area contributed by atoms with E-state index in [0.29, 0.717) is 0 Å². The summed E-state index contributed by atoms with van der Waals surface area (Å²) in [5.41, 5.74) is 6.36. The highest BCUT2D eigenvalue weighted by Crippen LogP contribution is 2.21. The van der Waals surface area contributed by atoms with Crippen molar-refractivity contribution in [2.75, 3.05) is 6.54 Å². The molecule has 21 heavy (non-hydrogen) atoms. The largest absolute Gasteiger partial charge is 0.308 e. The number of benzene rings is 1. The fraction of sp³-hybridized carbons (Fsp3) is 0.421. The molecule has 1 N–H and O–H groups in total. The summed E-state index contributed by atoms with van der Waals surface area (Å²) in [5.74, 6) is 0. The van der Waals surface area contributed by atoms with Crippen LogP contribution in [0.15, 0.2) is 36.5 Å². The molecule has 0 spiro atoms. The Morgan fingerprint density at radius 1 is 1.10 bits per heavy atom. The zero-order chi connectivity index (χ0) is 15.2. The highest BCUT2D eigenvalue weighted by molar-refractivity contribution is 5.29. The van der Waals surface area contributed by atoms with Crippen LogP contribution in [0.2, 0.25) is 0 Å². The molecule has 0 amide bonds. The maximum absolute atomic E-state index is 4.69. The minimum absolute atomic E-state index is 0.285. The highest BCUT2D eigenvalue weighted by atomic mass is 14.9. The normalized spacial score (nSPS) is 12.4. The molecule has 2 heteroatoms. The van der Waals surface area contributed by atoms with E-state index in [1.807, 2.05) is 6.20 Å². The summed E-state index contributed by atoms with van der Waals surface area (Å²) in [6.07, 6.45) is 4.09. The molecule has 0 radical (unpaired) electrons. The molecular weight excluding hydrogens is 256 g/mol. The number of rotatable bonds is 6. The maximum Gasteiger partial charge on any atom is 0.0605 e. The van der Waals surface area contributed by atoms with E-state index in [4.69, 9.17) is 0 Å². The number of nitrogens with zero attached hydrogens (tertiary/aromatic N) is 1. The van der Waals surface area contributed by atoms with Crippen molar-refractivity contribution in [1.29, 1.82) is 0 Å². The molecule has 0 aliphatic rings. The SMILES string of the molecule is CCCNC(Cc1cccc(C)c1)c1ncc(C)cc1C. The Kier molecular flexibility index (Phi) is 5.51. The molecule has 1 aromatic carbocycles. The summed E-state index contributed by atoms with van der Waals surface area (Å²) in [6.45, 7) is 9.62. The number of aryl methyl sites for hydroxylation is 3. The minimum Gasteiger partial charge on any atom is -0.308 e. The van der Waals surface area contributed by atoms with E-state index in [-0.39, 0.29) is 6.04 Å². The average Bonchev–Trinajstić information content (AvgIpc) is 2.44. The molecule has 0 fully saturated rings. The molecule has 1 unspecified atom stereocenters. The zero-order valence-electron chi connectivity index (χ0n) is 13.6. The van der Waals surface area contributed by atoms with Crippen molar-refractivity contribution in [3.05, 3.63) is 64.5 Å². The third kappa shape index (κ3) is 4.40. The topological polar surface area (TPSA) is 24.9 Å². The zero-order valence-corrected chi connectivity index (χ0v) is 13.6. The molecular formula is C19H26N2. The van der Waals surface area contributed by atoms with E-state index < -0.39 is 0 Å². The first-order valence-electron chi connectivity index (χ1n) is 7.82. The van der Waals surface area contributed by atoms with Gasteiger partial charge in [0.05, 0.1) is 11.7 Å². The fourth-order valence-electron chi connectivity index (χ4n) is 2.75. The lowest BCUT2D eigenvalue weighted by Crippen LogP contribution is -2.25. The van der Waals surface area contributed by atoms with E-state index in [9.17, 15) is 0 Å². The number of hydrogen-bond acceptors (Lipinski definition) is 2. The van der Waals surface area contributed by atoms with Gasteiger partial charge in [-0.3, -0.25) is 4.98 Å². The molecule has 0 bridgehead atoms. The van der Waals surface area contributed by atoms with Gasteiger partial charge in [-0.1, -0.05) is 42.8 Å². The van der Waals surface area contributed by atoms with E-state index in [1.165, 1.54) is 27.9 Å². The van der Waals surface area contributed by atoms with Crippen molar-refractivity contribution in [2.24, 2.45) is 0 Å². The Labute approximate surface area is 128 Å². The van der Waals surface area contributed by atoms with Gasteiger partial charge < -0.3 is 5.32 Å². The summed E-state index contributed by atoms with van der Waals surface area (Å²) >= 11 is 0. The van der Waals surface area contributed by atoms with Crippen molar-refractivity contribution in [3.8, 4) is 0 Å². The lowest BCUT2D eigenvalue weighted by atomic mass is 9.98. The number of aromatic nitrogens is 1. The first-order valence-corrected chi connectivity index (χ1v) is 7.82. The monoisotopic (exact) mass is 282 g/mol. The lowest BCUT2D eigenvalue weighted by molar-refractivity contribution is 0.515. The van der Waals surface area contributed by atoms with Crippen LogP contribution in [0.1, 0.15) is 47.3 Å². The molecule has 0 saturated carbocycles. The van der Waals surface area contributed by atoms with Crippen molar-refractivity contribution >= 4 is 0 Å².